The zero-order valence-electron chi connectivity index (χ0n) is 24.5. The number of amides is 1. The number of hydrogen-bond donors (Lipinski definition) is 2. The number of esters is 4. The summed E-state index contributed by atoms with van der Waals surface area (Å²) in [5.74, 6) is -2.59. The van der Waals surface area contributed by atoms with Crippen molar-refractivity contribution in [1.82, 2.24) is 10.6 Å². The first-order chi connectivity index (χ1) is 18.6. The maximum atomic E-state index is 12.1. The van der Waals surface area contributed by atoms with Crippen LogP contribution in [0.25, 0.3) is 0 Å². The molecule has 1 fully saturated rings. The molecule has 230 valence electrons. The predicted octanol–water partition coefficient (Wildman–Crippen LogP) is 1.37. The van der Waals surface area contributed by atoms with Crippen LogP contribution in [-0.2, 0) is 52.3 Å². The van der Waals surface area contributed by atoms with Gasteiger partial charge in [-0.25, -0.2) is 4.79 Å². The molecule has 40 heavy (non-hydrogen) atoms. The Hall–Kier alpha value is -2.97. The van der Waals surface area contributed by atoms with E-state index in [1.165, 1.54) is 27.7 Å². The van der Waals surface area contributed by atoms with Gasteiger partial charge in [0.2, 0.25) is 0 Å². The molecule has 0 aliphatic carbocycles. The molecule has 0 aromatic carbocycles. The number of ether oxygens (including phenoxy) is 7. The highest BCUT2D eigenvalue weighted by Crippen LogP contribution is 2.36. The number of rotatable bonds is 15. The fourth-order valence-electron chi connectivity index (χ4n) is 3.86. The Morgan fingerprint density at radius 1 is 0.875 bits per heavy atom. The molecular formula is C26H44N2O12. The molecule has 1 aliphatic rings. The fraction of sp³-hybridized carbons (Fsp3) is 0.808. The van der Waals surface area contributed by atoms with Crippen molar-refractivity contribution in [3.63, 3.8) is 0 Å². The Kier molecular flexibility index (Phi) is 14.9. The third kappa shape index (κ3) is 14.4. The Morgan fingerprint density at radius 2 is 1.52 bits per heavy atom. The number of alkyl carbamates (subject to hydrolysis) is 1. The van der Waals surface area contributed by atoms with Crippen LogP contribution < -0.4 is 10.6 Å². The maximum Gasteiger partial charge on any atom is 0.407 e. The van der Waals surface area contributed by atoms with E-state index in [9.17, 15) is 24.0 Å². The normalized spacial score (nSPS) is 22.5. The van der Waals surface area contributed by atoms with E-state index in [-0.39, 0.29) is 19.6 Å². The van der Waals surface area contributed by atoms with Crippen molar-refractivity contribution in [3.8, 4) is 0 Å². The van der Waals surface area contributed by atoms with E-state index < -0.39 is 66.3 Å². The van der Waals surface area contributed by atoms with Gasteiger partial charge in [-0.15, -0.1) is 0 Å². The summed E-state index contributed by atoms with van der Waals surface area (Å²) in [6, 6.07) is 0. The average Bonchev–Trinajstić information content (AvgIpc) is 2.80. The van der Waals surface area contributed by atoms with Crippen molar-refractivity contribution in [2.24, 2.45) is 0 Å². The molecule has 1 heterocycles. The van der Waals surface area contributed by atoms with Crippen molar-refractivity contribution in [1.29, 1.82) is 0 Å². The Bertz CT molecular complexity index is 859. The molecule has 1 saturated heterocycles. The first kappa shape index (κ1) is 35.1. The van der Waals surface area contributed by atoms with E-state index in [0.29, 0.717) is 32.5 Å². The third-order valence-corrected chi connectivity index (χ3v) is 5.28. The van der Waals surface area contributed by atoms with Crippen LogP contribution in [0.3, 0.4) is 0 Å². The van der Waals surface area contributed by atoms with E-state index in [4.69, 9.17) is 33.2 Å². The highest BCUT2D eigenvalue weighted by Gasteiger charge is 2.56. The number of carbonyl (C=O) groups is 5. The van der Waals surface area contributed by atoms with Gasteiger partial charge in [0.25, 0.3) is 0 Å². The summed E-state index contributed by atoms with van der Waals surface area (Å²) in [6.07, 6.45) is -2.65. The molecule has 4 unspecified atom stereocenters. The quantitative estimate of drug-likeness (QED) is 0.163. The minimum Gasteiger partial charge on any atom is -0.463 e. The number of carbonyl (C=O) groups excluding carboxylic acids is 5. The summed E-state index contributed by atoms with van der Waals surface area (Å²) in [5.41, 5.74) is -2.20. The highest BCUT2D eigenvalue weighted by molar-refractivity contribution is 5.69. The van der Waals surface area contributed by atoms with Crippen LogP contribution in [0.15, 0.2) is 0 Å². The van der Waals surface area contributed by atoms with Crippen molar-refractivity contribution >= 4 is 30.0 Å². The Labute approximate surface area is 235 Å². The minimum absolute atomic E-state index is 0.0934. The number of nitrogens with one attached hydrogen (secondary N) is 2. The van der Waals surface area contributed by atoms with E-state index in [2.05, 4.69) is 10.6 Å². The average molecular weight is 577 g/mol. The summed E-state index contributed by atoms with van der Waals surface area (Å²) in [6.45, 7) is 11.3. The lowest BCUT2D eigenvalue weighted by Gasteiger charge is -2.47. The Morgan fingerprint density at radius 3 is 2.10 bits per heavy atom. The van der Waals surface area contributed by atoms with Gasteiger partial charge in [-0.05, 0) is 46.7 Å². The monoisotopic (exact) mass is 576 g/mol. The van der Waals surface area contributed by atoms with Crippen LogP contribution in [0.1, 0.15) is 67.7 Å². The molecule has 1 amide bonds. The smallest absolute Gasteiger partial charge is 0.407 e. The summed E-state index contributed by atoms with van der Waals surface area (Å²) in [5, 5.41) is 5.90. The van der Waals surface area contributed by atoms with Crippen LogP contribution in [0, 0.1) is 0 Å². The SMILES string of the molecule is CC(=O)OCC1CC(COC(C)=O)(OC(C)=O)C(OC(C)=O)C(OCCCNCCCNC(=O)OC(C)(C)C)O1. The highest BCUT2D eigenvalue weighted by atomic mass is 16.7. The summed E-state index contributed by atoms with van der Waals surface area (Å²) >= 11 is 0. The molecule has 0 bridgehead atoms. The van der Waals surface area contributed by atoms with Gasteiger partial charge in [-0.2, -0.15) is 0 Å². The van der Waals surface area contributed by atoms with Gasteiger partial charge in [-0.3, -0.25) is 19.2 Å². The molecule has 1 aliphatic heterocycles. The summed E-state index contributed by atoms with van der Waals surface area (Å²) in [4.78, 5) is 58.7. The van der Waals surface area contributed by atoms with Crippen molar-refractivity contribution < 1.29 is 57.1 Å². The molecule has 0 aromatic rings. The molecular weight excluding hydrogens is 532 g/mol. The molecule has 2 N–H and O–H groups in total. The van der Waals surface area contributed by atoms with Crippen LogP contribution in [0.2, 0.25) is 0 Å². The standard InChI is InChI=1S/C26H44N2O12/c1-17(29)35-15-21-14-26(39-20(4)32,16-36-18(2)30)22(37-19(3)31)23(38-21)34-13-9-11-27-10-8-12-28-24(33)40-25(5,6)7/h21-23,27H,8-16H2,1-7H3,(H,28,33). The van der Waals surface area contributed by atoms with E-state index >= 15 is 0 Å². The van der Waals surface area contributed by atoms with Gasteiger partial charge < -0.3 is 43.8 Å². The van der Waals surface area contributed by atoms with Gasteiger partial charge in [0.05, 0.1) is 12.7 Å². The Balaban J connectivity index is 2.77. The molecule has 14 heteroatoms. The van der Waals surface area contributed by atoms with Gasteiger partial charge in [0.1, 0.15) is 18.8 Å². The second kappa shape index (κ2) is 17.0. The van der Waals surface area contributed by atoms with Crippen LogP contribution in [-0.4, -0.2) is 99.1 Å². The van der Waals surface area contributed by atoms with Crippen molar-refractivity contribution in [2.75, 3.05) is 39.5 Å². The van der Waals surface area contributed by atoms with Gasteiger partial charge >= 0.3 is 30.0 Å². The van der Waals surface area contributed by atoms with Crippen LogP contribution in [0.5, 0.6) is 0 Å². The topological polar surface area (TPSA) is 174 Å². The molecule has 4 atom stereocenters. The van der Waals surface area contributed by atoms with Crippen molar-refractivity contribution in [2.45, 2.75) is 97.4 Å². The predicted molar refractivity (Wildman–Crippen MR) is 139 cm³/mol. The lowest BCUT2D eigenvalue weighted by atomic mass is 9.86. The zero-order chi connectivity index (χ0) is 30.3. The first-order valence-corrected chi connectivity index (χ1v) is 13.2. The third-order valence-electron chi connectivity index (χ3n) is 5.28. The maximum absolute atomic E-state index is 12.1. The lowest BCUT2D eigenvalue weighted by Crippen LogP contribution is -2.64. The molecule has 0 spiro atoms. The van der Waals surface area contributed by atoms with E-state index in [0.717, 1.165) is 0 Å². The zero-order valence-corrected chi connectivity index (χ0v) is 24.5. The second-order valence-electron chi connectivity index (χ2n) is 10.4. The van der Waals surface area contributed by atoms with E-state index in [1.54, 1.807) is 20.8 Å². The van der Waals surface area contributed by atoms with Gasteiger partial charge in [-0.1, -0.05) is 0 Å². The summed E-state index contributed by atoms with van der Waals surface area (Å²) < 4.78 is 38.3. The molecule has 0 radical (unpaired) electrons. The van der Waals surface area contributed by atoms with Gasteiger partial charge in [0, 0.05) is 40.7 Å². The van der Waals surface area contributed by atoms with Gasteiger partial charge in [0.15, 0.2) is 18.0 Å². The second-order valence-corrected chi connectivity index (χ2v) is 10.4. The van der Waals surface area contributed by atoms with Crippen LogP contribution in [0.4, 0.5) is 4.79 Å². The largest absolute Gasteiger partial charge is 0.463 e. The van der Waals surface area contributed by atoms with Crippen LogP contribution >= 0.6 is 0 Å². The minimum atomic E-state index is -1.64. The summed E-state index contributed by atoms with van der Waals surface area (Å²) in [7, 11) is 0. The number of hydrogen-bond acceptors (Lipinski definition) is 13. The lowest BCUT2D eigenvalue weighted by molar-refractivity contribution is -0.310. The molecule has 14 nitrogen and oxygen atoms in total. The van der Waals surface area contributed by atoms with Crippen molar-refractivity contribution in [3.05, 3.63) is 0 Å². The van der Waals surface area contributed by atoms with E-state index in [1.807, 2.05) is 0 Å². The first-order valence-electron chi connectivity index (χ1n) is 13.2. The fourth-order valence-corrected chi connectivity index (χ4v) is 3.86. The molecule has 1 rings (SSSR count). The molecule has 0 saturated carbocycles. The molecule has 0 aromatic heterocycles.